The zero-order valence-electron chi connectivity index (χ0n) is 18.5. The normalized spacial score (nSPS) is 23.7. The molecule has 32 heavy (non-hydrogen) atoms. The van der Waals surface area contributed by atoms with Gasteiger partial charge in [0.15, 0.2) is 0 Å². The van der Waals surface area contributed by atoms with E-state index in [-0.39, 0.29) is 11.9 Å². The van der Waals surface area contributed by atoms with Gasteiger partial charge in [0.1, 0.15) is 11.5 Å². The summed E-state index contributed by atoms with van der Waals surface area (Å²) in [4.78, 5) is 13.2. The number of piperidine rings is 1. The molecule has 1 N–H and O–H groups in total. The maximum atomic E-state index is 13.2. The number of methoxy groups -OCH3 is 1. The van der Waals surface area contributed by atoms with Crippen LogP contribution in [-0.2, 0) is 4.79 Å². The van der Waals surface area contributed by atoms with Gasteiger partial charge in [0.25, 0.3) is 5.91 Å². The van der Waals surface area contributed by atoms with E-state index < -0.39 is 0 Å². The molecule has 2 aromatic carbocycles. The Balaban J connectivity index is 1.63. The van der Waals surface area contributed by atoms with Crippen molar-refractivity contribution in [3.63, 3.8) is 0 Å². The van der Waals surface area contributed by atoms with Gasteiger partial charge in [-0.05, 0) is 62.6 Å². The number of benzene rings is 2. The van der Waals surface area contributed by atoms with Crippen LogP contribution in [0.15, 0.2) is 47.6 Å². The molecule has 0 spiro atoms. The lowest BCUT2D eigenvalue weighted by atomic mass is 9.99. The molecule has 8 heteroatoms. The summed E-state index contributed by atoms with van der Waals surface area (Å²) in [6.07, 6.45) is 3.78. The van der Waals surface area contributed by atoms with Crippen molar-refractivity contribution in [2.24, 2.45) is 5.10 Å². The van der Waals surface area contributed by atoms with Gasteiger partial charge in [-0.1, -0.05) is 41.8 Å². The summed E-state index contributed by atoms with van der Waals surface area (Å²) in [5.41, 5.74) is 5.31. The van der Waals surface area contributed by atoms with E-state index in [1.54, 1.807) is 19.2 Å². The number of hydrazone groups is 1. The number of anilines is 1. The molecular weight excluding hydrogens is 447 g/mol. The van der Waals surface area contributed by atoms with E-state index in [1.165, 1.54) is 6.42 Å². The molecule has 0 radical (unpaired) electrons. The fourth-order valence-electron chi connectivity index (χ4n) is 4.45. The first kappa shape index (κ1) is 22.9. The fraction of sp³-hybridized carbons (Fsp3) is 0.417. The van der Waals surface area contributed by atoms with Crippen molar-refractivity contribution in [2.75, 3.05) is 12.1 Å². The van der Waals surface area contributed by atoms with Gasteiger partial charge >= 0.3 is 0 Å². The van der Waals surface area contributed by atoms with E-state index in [0.29, 0.717) is 39.9 Å². The first-order valence-corrected chi connectivity index (χ1v) is 11.7. The molecular formula is C24H28Cl2N4O2. The number of hydrogen-bond donors (Lipinski definition) is 1. The van der Waals surface area contributed by atoms with Crippen LogP contribution in [0.3, 0.4) is 0 Å². The van der Waals surface area contributed by atoms with Crippen LogP contribution in [0.5, 0.6) is 5.75 Å². The summed E-state index contributed by atoms with van der Waals surface area (Å²) < 4.78 is 5.29. The lowest BCUT2D eigenvalue weighted by Gasteiger charge is -2.38. The fourth-order valence-corrected chi connectivity index (χ4v) is 4.94. The zero-order chi connectivity index (χ0) is 22.8. The standard InChI is InChI=1S/C24H28Cl2N4O2/c1-15-5-4-6-16(2)29(15)28-24(31)21-14-23(17-7-10-19(32-3)11-8-17)30(27-21)22-12-9-18(25)13-20(22)26/h7-13,15-16,23H,4-6,14H2,1-3H3,(H,28,31). The van der Waals surface area contributed by atoms with Crippen LogP contribution in [-0.4, -0.2) is 35.8 Å². The van der Waals surface area contributed by atoms with Crippen molar-refractivity contribution in [1.29, 1.82) is 0 Å². The molecule has 0 saturated carbocycles. The monoisotopic (exact) mass is 474 g/mol. The average Bonchev–Trinajstić information content (AvgIpc) is 3.21. The molecule has 4 rings (SSSR count). The number of hydrazine groups is 1. The van der Waals surface area contributed by atoms with Gasteiger partial charge in [0.2, 0.25) is 0 Å². The van der Waals surface area contributed by atoms with Crippen LogP contribution < -0.4 is 15.2 Å². The molecule has 0 aliphatic carbocycles. The van der Waals surface area contributed by atoms with Gasteiger partial charge < -0.3 is 4.74 Å². The summed E-state index contributed by atoms with van der Waals surface area (Å²) in [6, 6.07) is 13.5. The van der Waals surface area contributed by atoms with Crippen LogP contribution in [0.2, 0.25) is 10.0 Å². The summed E-state index contributed by atoms with van der Waals surface area (Å²) >= 11 is 12.6. The van der Waals surface area contributed by atoms with E-state index in [9.17, 15) is 4.79 Å². The molecule has 1 saturated heterocycles. The second-order valence-electron chi connectivity index (χ2n) is 8.46. The number of hydrogen-bond acceptors (Lipinski definition) is 5. The Labute approximate surface area is 199 Å². The quantitative estimate of drug-likeness (QED) is 0.612. The predicted octanol–water partition coefficient (Wildman–Crippen LogP) is 5.60. The Kier molecular flexibility index (Phi) is 6.93. The van der Waals surface area contributed by atoms with Gasteiger partial charge in [0.05, 0.1) is 23.9 Å². The average molecular weight is 475 g/mol. The highest BCUT2D eigenvalue weighted by molar-refractivity contribution is 6.40. The van der Waals surface area contributed by atoms with Gasteiger partial charge in [-0.2, -0.15) is 5.10 Å². The highest BCUT2D eigenvalue weighted by atomic mass is 35.5. The number of rotatable bonds is 5. The SMILES string of the molecule is COc1ccc(C2CC(C(=O)NN3C(C)CCCC3C)=NN2c2ccc(Cl)cc2Cl)cc1. The minimum absolute atomic E-state index is 0.170. The molecule has 170 valence electrons. The van der Waals surface area contributed by atoms with E-state index in [0.717, 1.165) is 24.2 Å². The third-order valence-electron chi connectivity index (χ3n) is 6.25. The van der Waals surface area contributed by atoms with Crippen molar-refractivity contribution in [3.05, 3.63) is 58.1 Å². The number of carbonyl (C=O) groups is 1. The van der Waals surface area contributed by atoms with E-state index in [2.05, 4.69) is 24.3 Å². The molecule has 2 aliphatic heterocycles. The van der Waals surface area contributed by atoms with Crippen molar-refractivity contribution >= 4 is 40.5 Å². The van der Waals surface area contributed by atoms with Crippen LogP contribution in [0, 0.1) is 0 Å². The zero-order valence-corrected chi connectivity index (χ0v) is 20.0. The summed E-state index contributed by atoms with van der Waals surface area (Å²) in [5, 5.41) is 9.64. The Bertz CT molecular complexity index is 1000. The van der Waals surface area contributed by atoms with Gasteiger partial charge in [-0.15, -0.1) is 0 Å². The molecule has 1 amide bonds. The molecule has 2 aromatic rings. The van der Waals surface area contributed by atoms with Crippen molar-refractivity contribution in [3.8, 4) is 5.75 Å². The Hall–Kier alpha value is -2.28. The van der Waals surface area contributed by atoms with Crippen molar-refractivity contribution < 1.29 is 9.53 Å². The van der Waals surface area contributed by atoms with E-state index >= 15 is 0 Å². The van der Waals surface area contributed by atoms with Crippen LogP contribution in [0.1, 0.15) is 51.1 Å². The molecule has 2 heterocycles. The van der Waals surface area contributed by atoms with Gasteiger partial charge in [0, 0.05) is 23.5 Å². The van der Waals surface area contributed by atoms with Crippen LogP contribution in [0.4, 0.5) is 5.69 Å². The van der Waals surface area contributed by atoms with Crippen molar-refractivity contribution in [2.45, 2.75) is 57.7 Å². The van der Waals surface area contributed by atoms with Crippen LogP contribution in [0.25, 0.3) is 0 Å². The van der Waals surface area contributed by atoms with Gasteiger partial charge in [-0.3, -0.25) is 15.2 Å². The molecule has 3 unspecified atom stereocenters. The lowest BCUT2D eigenvalue weighted by Crippen LogP contribution is -2.55. The summed E-state index contributed by atoms with van der Waals surface area (Å²) in [6.45, 7) is 4.29. The maximum Gasteiger partial charge on any atom is 0.281 e. The molecule has 0 aromatic heterocycles. The second kappa shape index (κ2) is 9.69. The van der Waals surface area contributed by atoms with Crippen molar-refractivity contribution in [1.82, 2.24) is 10.4 Å². The Morgan fingerprint density at radius 3 is 2.41 bits per heavy atom. The number of amides is 1. The molecule has 6 nitrogen and oxygen atoms in total. The number of carbonyl (C=O) groups excluding carboxylic acids is 1. The van der Waals surface area contributed by atoms with E-state index in [4.69, 9.17) is 33.0 Å². The summed E-state index contributed by atoms with van der Waals surface area (Å²) in [7, 11) is 1.64. The maximum absolute atomic E-state index is 13.2. The second-order valence-corrected chi connectivity index (χ2v) is 9.30. The summed E-state index contributed by atoms with van der Waals surface area (Å²) in [5.74, 6) is 0.603. The third kappa shape index (κ3) is 4.72. The molecule has 1 fully saturated rings. The Morgan fingerprint density at radius 2 is 1.78 bits per heavy atom. The number of nitrogens with zero attached hydrogens (tertiary/aromatic N) is 3. The minimum atomic E-state index is -0.170. The molecule has 2 aliphatic rings. The number of halogens is 2. The Morgan fingerprint density at radius 1 is 1.09 bits per heavy atom. The number of nitrogens with one attached hydrogen (secondary N) is 1. The molecule has 0 bridgehead atoms. The molecule has 3 atom stereocenters. The highest BCUT2D eigenvalue weighted by Gasteiger charge is 2.35. The number of ether oxygens (including phenoxy) is 1. The van der Waals surface area contributed by atoms with Gasteiger partial charge in [-0.25, -0.2) is 5.01 Å². The first-order valence-electron chi connectivity index (χ1n) is 10.9. The minimum Gasteiger partial charge on any atom is -0.497 e. The highest BCUT2D eigenvalue weighted by Crippen LogP contribution is 2.40. The third-order valence-corrected chi connectivity index (χ3v) is 6.79. The largest absolute Gasteiger partial charge is 0.497 e. The predicted molar refractivity (Wildman–Crippen MR) is 129 cm³/mol. The van der Waals surface area contributed by atoms with Crippen LogP contribution >= 0.6 is 23.2 Å². The lowest BCUT2D eigenvalue weighted by molar-refractivity contribution is -0.122. The first-order chi connectivity index (χ1) is 15.4. The topological polar surface area (TPSA) is 57.2 Å². The smallest absolute Gasteiger partial charge is 0.281 e. The van der Waals surface area contributed by atoms with E-state index in [1.807, 2.05) is 35.3 Å².